The number of anilines is 1. The van der Waals surface area contributed by atoms with Crippen LogP contribution >= 0.6 is 0 Å². The third-order valence-electron chi connectivity index (χ3n) is 13.1. The molecule has 9 rings (SSSR count). The smallest absolute Gasteiger partial charge is 0.255 e. The Bertz CT molecular complexity index is 2050. The van der Waals surface area contributed by atoms with Gasteiger partial charge >= 0.3 is 0 Å². The lowest BCUT2D eigenvalue weighted by molar-refractivity contribution is -0.136. The SMILES string of the molecule is O=C1CCC(N2Cc3cc(N4CCN(CCN5CCC(c6ccc([C@@H]7c8ccc(O)cc8CC[C@@H]7c7ccccc7)cc6)CC5)CC4)ccc3C2=O)C(=O)N1. The lowest BCUT2D eigenvalue weighted by Gasteiger charge is -2.38. The molecule has 4 aromatic rings. The number of piperidine rings is 2. The zero-order valence-electron chi connectivity index (χ0n) is 31.5. The minimum Gasteiger partial charge on any atom is -0.508 e. The Hall–Kier alpha value is -4.99. The van der Waals surface area contributed by atoms with Gasteiger partial charge in [-0.25, -0.2) is 0 Å². The molecule has 2 N–H and O–H groups in total. The molecule has 0 spiro atoms. The summed E-state index contributed by atoms with van der Waals surface area (Å²) >= 11 is 0. The third kappa shape index (κ3) is 7.28. The number of fused-ring (bicyclic) bond motifs is 2. The van der Waals surface area contributed by atoms with Crippen molar-refractivity contribution < 1.29 is 19.5 Å². The van der Waals surface area contributed by atoms with Gasteiger partial charge in [0.25, 0.3) is 5.91 Å². The number of likely N-dealkylation sites (tertiary alicyclic amines) is 1. The fourth-order valence-electron chi connectivity index (χ4n) is 10.0. The van der Waals surface area contributed by atoms with Crippen LogP contribution in [0.15, 0.2) is 91.0 Å². The first-order chi connectivity index (χ1) is 26.9. The Kier molecular flexibility index (Phi) is 9.91. The minimum atomic E-state index is -0.584. The van der Waals surface area contributed by atoms with Crippen LogP contribution in [0.4, 0.5) is 5.69 Å². The number of imide groups is 1. The Labute approximate surface area is 323 Å². The minimum absolute atomic E-state index is 0.121. The van der Waals surface area contributed by atoms with E-state index in [0.717, 1.165) is 76.5 Å². The van der Waals surface area contributed by atoms with Crippen LogP contribution in [0, 0.1) is 0 Å². The molecule has 55 heavy (non-hydrogen) atoms. The van der Waals surface area contributed by atoms with Crippen LogP contribution in [0.2, 0.25) is 0 Å². The first kappa shape index (κ1) is 35.7. The van der Waals surface area contributed by atoms with Crippen LogP contribution in [0.1, 0.15) is 93.6 Å². The summed E-state index contributed by atoms with van der Waals surface area (Å²) in [5, 5.41) is 12.6. The van der Waals surface area contributed by atoms with Crippen LogP contribution in [0.3, 0.4) is 0 Å². The maximum absolute atomic E-state index is 13.1. The lowest BCUT2D eigenvalue weighted by Crippen LogP contribution is -2.52. The molecular weight excluding hydrogens is 687 g/mol. The summed E-state index contributed by atoms with van der Waals surface area (Å²) in [6.45, 7) is 8.77. The Morgan fingerprint density at radius 2 is 1.38 bits per heavy atom. The fourth-order valence-corrected chi connectivity index (χ4v) is 10.0. The largest absolute Gasteiger partial charge is 0.508 e. The van der Waals surface area contributed by atoms with Gasteiger partial charge in [0.15, 0.2) is 0 Å². The van der Waals surface area contributed by atoms with E-state index in [1.165, 1.54) is 40.7 Å². The highest BCUT2D eigenvalue weighted by atomic mass is 16.3. The second-order valence-electron chi connectivity index (χ2n) is 16.3. The monoisotopic (exact) mass is 737 g/mol. The van der Waals surface area contributed by atoms with Crippen LogP contribution in [0.25, 0.3) is 0 Å². The number of amides is 3. The number of hydrogen-bond acceptors (Lipinski definition) is 7. The predicted octanol–water partition coefficient (Wildman–Crippen LogP) is 6.02. The molecule has 3 saturated heterocycles. The van der Waals surface area contributed by atoms with E-state index >= 15 is 0 Å². The molecular formula is C46H51N5O4. The average Bonchev–Trinajstić information content (AvgIpc) is 3.55. The molecule has 3 fully saturated rings. The van der Waals surface area contributed by atoms with Gasteiger partial charge in [-0.05, 0) is 121 Å². The van der Waals surface area contributed by atoms with Crippen LogP contribution < -0.4 is 10.2 Å². The highest BCUT2D eigenvalue weighted by molar-refractivity contribution is 6.05. The summed E-state index contributed by atoms with van der Waals surface area (Å²) in [4.78, 5) is 46.5. The number of nitrogens with zero attached hydrogens (tertiary/aromatic N) is 4. The molecule has 0 saturated carbocycles. The molecule has 4 aliphatic heterocycles. The Balaban J connectivity index is 0.756. The average molecular weight is 738 g/mol. The van der Waals surface area contributed by atoms with Gasteiger partial charge in [0.2, 0.25) is 11.8 Å². The molecule has 1 aliphatic carbocycles. The summed E-state index contributed by atoms with van der Waals surface area (Å²) in [5.74, 6) is 0.888. The van der Waals surface area contributed by atoms with E-state index in [1.807, 2.05) is 24.3 Å². The van der Waals surface area contributed by atoms with Crippen molar-refractivity contribution in [2.45, 2.75) is 68.9 Å². The van der Waals surface area contributed by atoms with Crippen molar-refractivity contribution >= 4 is 23.4 Å². The first-order valence-electron chi connectivity index (χ1n) is 20.3. The Morgan fingerprint density at radius 1 is 0.655 bits per heavy atom. The zero-order chi connectivity index (χ0) is 37.5. The van der Waals surface area contributed by atoms with E-state index in [-0.39, 0.29) is 30.1 Å². The molecule has 1 unspecified atom stereocenters. The molecule has 9 heteroatoms. The van der Waals surface area contributed by atoms with E-state index < -0.39 is 6.04 Å². The van der Waals surface area contributed by atoms with Crippen LogP contribution in [-0.4, -0.2) is 95.9 Å². The number of nitrogens with one attached hydrogen (secondary N) is 1. The van der Waals surface area contributed by atoms with Crippen molar-refractivity contribution in [2.75, 3.05) is 57.3 Å². The number of carbonyl (C=O) groups excluding carboxylic acids is 3. The third-order valence-corrected chi connectivity index (χ3v) is 13.1. The number of rotatable bonds is 8. The van der Waals surface area contributed by atoms with E-state index in [2.05, 4.69) is 86.7 Å². The maximum Gasteiger partial charge on any atom is 0.255 e. The maximum atomic E-state index is 13.1. The predicted molar refractivity (Wildman–Crippen MR) is 213 cm³/mol. The van der Waals surface area contributed by atoms with Crippen LogP contribution in [-0.2, 0) is 22.6 Å². The van der Waals surface area contributed by atoms with Crippen molar-refractivity contribution in [3.8, 4) is 5.75 Å². The summed E-state index contributed by atoms with van der Waals surface area (Å²) in [6, 6.07) is 31.9. The standard InChI is InChI=1S/C46H51N5O4/c52-38-12-15-40-35(29-38)10-13-39(33-4-2-1-3-5-33)44(40)34-8-6-31(7-9-34)32-18-20-48(21-19-32)22-23-49-24-26-50(27-25-49)37-11-14-41-36(28-37)30-51(46(41)55)42-16-17-43(53)47-45(42)54/h1-9,11-12,14-15,28-29,32,39,42,44,52H,10,13,16-27,30H2,(H,47,53,54)/t39-,42?,44+/m1/s1. The van der Waals surface area contributed by atoms with Crippen molar-refractivity contribution in [3.63, 3.8) is 0 Å². The molecule has 3 amide bonds. The topological polar surface area (TPSA) is 96.4 Å². The highest BCUT2D eigenvalue weighted by Crippen LogP contribution is 2.47. The second-order valence-corrected chi connectivity index (χ2v) is 16.3. The lowest BCUT2D eigenvalue weighted by atomic mass is 9.69. The highest BCUT2D eigenvalue weighted by Gasteiger charge is 2.39. The van der Waals surface area contributed by atoms with E-state index in [0.29, 0.717) is 36.1 Å². The molecule has 5 aliphatic rings. The summed E-state index contributed by atoms with van der Waals surface area (Å²) in [5.41, 5.74) is 9.59. The summed E-state index contributed by atoms with van der Waals surface area (Å²) in [6.07, 6.45) is 5.09. The molecule has 9 nitrogen and oxygen atoms in total. The molecule has 4 heterocycles. The van der Waals surface area contributed by atoms with Crippen molar-refractivity contribution in [1.82, 2.24) is 20.0 Å². The molecule has 284 valence electrons. The number of aromatic hydroxyl groups is 1. The van der Waals surface area contributed by atoms with Crippen molar-refractivity contribution in [2.24, 2.45) is 0 Å². The van der Waals surface area contributed by atoms with E-state index in [1.54, 1.807) is 4.90 Å². The number of benzene rings is 4. The molecule has 0 radical (unpaired) electrons. The number of hydrogen-bond donors (Lipinski definition) is 2. The first-order valence-corrected chi connectivity index (χ1v) is 20.3. The van der Waals surface area contributed by atoms with Gasteiger partial charge in [-0.3, -0.25) is 24.6 Å². The normalized spacial score (nSPS) is 23.8. The molecule has 4 aromatic carbocycles. The van der Waals surface area contributed by atoms with Gasteiger partial charge in [0, 0.05) is 69.4 Å². The number of phenolic OH excluding ortho intramolecular Hbond substituents is 1. The van der Waals surface area contributed by atoms with Gasteiger partial charge in [0.05, 0.1) is 0 Å². The van der Waals surface area contributed by atoms with E-state index in [9.17, 15) is 19.5 Å². The molecule has 3 atom stereocenters. The van der Waals surface area contributed by atoms with Crippen molar-refractivity contribution in [3.05, 3.63) is 130 Å². The number of piperazine rings is 1. The molecule has 0 bridgehead atoms. The fraction of sp³-hybridized carbons (Fsp3) is 0.413. The van der Waals surface area contributed by atoms with E-state index in [4.69, 9.17) is 0 Å². The van der Waals surface area contributed by atoms with Gasteiger partial charge in [-0.15, -0.1) is 0 Å². The van der Waals surface area contributed by atoms with Gasteiger partial charge < -0.3 is 19.8 Å². The number of carbonyl (C=O) groups is 3. The second kappa shape index (κ2) is 15.3. The van der Waals surface area contributed by atoms with Gasteiger partial charge in [0.1, 0.15) is 11.8 Å². The van der Waals surface area contributed by atoms with Crippen molar-refractivity contribution in [1.29, 1.82) is 0 Å². The van der Waals surface area contributed by atoms with Gasteiger partial charge in [-0.2, -0.15) is 0 Å². The van der Waals surface area contributed by atoms with Gasteiger partial charge in [-0.1, -0.05) is 60.7 Å². The quantitative estimate of drug-likeness (QED) is 0.214. The number of phenols is 1. The summed E-state index contributed by atoms with van der Waals surface area (Å²) in [7, 11) is 0. The summed E-state index contributed by atoms with van der Waals surface area (Å²) < 4.78 is 0. The Morgan fingerprint density at radius 3 is 2.13 bits per heavy atom. The number of aryl methyl sites for hydroxylation is 1. The molecule has 0 aromatic heterocycles. The zero-order valence-corrected chi connectivity index (χ0v) is 31.5. The van der Waals surface area contributed by atoms with Crippen LogP contribution in [0.5, 0.6) is 5.75 Å².